The van der Waals surface area contributed by atoms with Crippen LogP contribution < -0.4 is 5.32 Å². The van der Waals surface area contributed by atoms with Crippen molar-refractivity contribution in [2.24, 2.45) is 0 Å². The number of halogens is 1. The third kappa shape index (κ3) is 4.71. The maximum Gasteiger partial charge on any atom is 0.202 e. The lowest BCUT2D eigenvalue weighted by Crippen LogP contribution is -2.27. The first-order chi connectivity index (χ1) is 11.9. The number of phenols is 1. The lowest BCUT2D eigenvalue weighted by molar-refractivity contribution is 0.475. The second kappa shape index (κ2) is 7.42. The van der Waals surface area contributed by atoms with Crippen molar-refractivity contribution >= 4 is 28.3 Å². The van der Waals surface area contributed by atoms with Gasteiger partial charge in [-0.2, -0.15) is 4.37 Å². The first-order valence-electron chi connectivity index (χ1n) is 8.03. The number of aromatic nitrogens is 2. The molecule has 2 N–H and O–H groups in total. The molecule has 130 valence electrons. The van der Waals surface area contributed by atoms with Crippen LogP contribution in [0.2, 0.25) is 5.02 Å². The van der Waals surface area contributed by atoms with Crippen LogP contribution in [0.4, 0.5) is 5.13 Å². The molecule has 3 rings (SSSR count). The van der Waals surface area contributed by atoms with E-state index in [-0.39, 0.29) is 11.2 Å². The van der Waals surface area contributed by atoms with Gasteiger partial charge in [0.1, 0.15) is 11.6 Å². The predicted molar refractivity (Wildman–Crippen MR) is 104 cm³/mol. The van der Waals surface area contributed by atoms with Crippen molar-refractivity contribution in [3.05, 3.63) is 70.5 Å². The van der Waals surface area contributed by atoms with E-state index in [0.717, 1.165) is 28.1 Å². The number of benzene rings is 2. The summed E-state index contributed by atoms with van der Waals surface area (Å²) in [4.78, 5) is 4.55. The average Bonchev–Trinajstić information content (AvgIpc) is 3.03. The fourth-order valence-corrected chi connectivity index (χ4v) is 3.20. The van der Waals surface area contributed by atoms with Gasteiger partial charge in [0.25, 0.3) is 0 Å². The molecule has 6 heteroatoms. The van der Waals surface area contributed by atoms with Gasteiger partial charge in [-0.3, -0.25) is 0 Å². The number of rotatable bonds is 6. The topological polar surface area (TPSA) is 58.0 Å². The number of aromatic hydroxyl groups is 1. The highest BCUT2D eigenvalue weighted by Gasteiger charge is 2.21. The molecule has 1 heterocycles. The molecule has 0 amide bonds. The lowest BCUT2D eigenvalue weighted by Gasteiger charge is -2.25. The molecule has 0 radical (unpaired) electrons. The highest BCUT2D eigenvalue weighted by atomic mass is 35.5. The Bertz CT molecular complexity index is 829. The molecule has 0 saturated heterocycles. The SMILES string of the molecule is CC(C)(CNc1nc(Cc2ccc(O)cc2)ns1)c1ccc(Cl)cc1. The van der Waals surface area contributed by atoms with E-state index in [1.807, 2.05) is 24.3 Å². The van der Waals surface area contributed by atoms with Crippen LogP contribution >= 0.6 is 23.1 Å². The number of phenolic OH excluding ortho intramolecular Hbond substituents is 1. The number of nitrogens with zero attached hydrogens (tertiary/aromatic N) is 2. The van der Waals surface area contributed by atoms with Crippen LogP contribution in [0, 0.1) is 0 Å². The second-order valence-corrected chi connectivity index (χ2v) is 7.79. The maximum absolute atomic E-state index is 9.34. The summed E-state index contributed by atoms with van der Waals surface area (Å²) in [7, 11) is 0. The molecule has 2 aromatic carbocycles. The predicted octanol–water partition coefficient (Wildman–Crippen LogP) is 4.88. The molecule has 0 bridgehead atoms. The van der Waals surface area contributed by atoms with E-state index in [0.29, 0.717) is 6.42 Å². The third-order valence-corrected chi connectivity index (χ3v) is 5.04. The van der Waals surface area contributed by atoms with Crippen molar-refractivity contribution in [1.82, 2.24) is 9.36 Å². The average molecular weight is 374 g/mol. The molecule has 1 aromatic heterocycles. The smallest absolute Gasteiger partial charge is 0.202 e. The summed E-state index contributed by atoms with van der Waals surface area (Å²) < 4.78 is 4.41. The van der Waals surface area contributed by atoms with Crippen molar-refractivity contribution in [3.8, 4) is 5.75 Å². The normalized spacial score (nSPS) is 11.5. The van der Waals surface area contributed by atoms with Crippen LogP contribution in [0.3, 0.4) is 0 Å². The van der Waals surface area contributed by atoms with Gasteiger partial charge in [0.15, 0.2) is 0 Å². The van der Waals surface area contributed by atoms with Gasteiger partial charge >= 0.3 is 0 Å². The molecular formula is C19H20ClN3OS. The number of hydrogen-bond donors (Lipinski definition) is 2. The van der Waals surface area contributed by atoms with Gasteiger partial charge in [0.2, 0.25) is 5.13 Å². The van der Waals surface area contributed by atoms with E-state index in [2.05, 4.69) is 40.7 Å². The molecular weight excluding hydrogens is 354 g/mol. The molecule has 0 unspecified atom stereocenters. The minimum absolute atomic E-state index is 0.0482. The highest BCUT2D eigenvalue weighted by molar-refractivity contribution is 7.09. The Morgan fingerprint density at radius 3 is 2.44 bits per heavy atom. The largest absolute Gasteiger partial charge is 0.508 e. The summed E-state index contributed by atoms with van der Waals surface area (Å²) in [5.41, 5.74) is 2.25. The van der Waals surface area contributed by atoms with Gasteiger partial charge in [0.05, 0.1) is 0 Å². The fraction of sp³-hybridized carbons (Fsp3) is 0.263. The van der Waals surface area contributed by atoms with Gasteiger partial charge in [-0.25, -0.2) is 4.98 Å². The Labute approximate surface area is 156 Å². The van der Waals surface area contributed by atoms with Crippen molar-refractivity contribution < 1.29 is 5.11 Å². The molecule has 0 fully saturated rings. The fourth-order valence-electron chi connectivity index (χ4n) is 2.49. The van der Waals surface area contributed by atoms with E-state index < -0.39 is 0 Å². The van der Waals surface area contributed by atoms with Crippen LogP contribution in [0.1, 0.15) is 30.8 Å². The van der Waals surface area contributed by atoms with E-state index in [1.165, 1.54) is 17.1 Å². The van der Waals surface area contributed by atoms with Crippen LogP contribution in [0.15, 0.2) is 48.5 Å². The summed E-state index contributed by atoms with van der Waals surface area (Å²) in [6.07, 6.45) is 0.652. The zero-order valence-corrected chi connectivity index (χ0v) is 15.7. The summed E-state index contributed by atoms with van der Waals surface area (Å²) in [5.74, 6) is 1.05. The Morgan fingerprint density at radius 2 is 1.76 bits per heavy atom. The first-order valence-corrected chi connectivity index (χ1v) is 9.18. The number of anilines is 1. The zero-order valence-electron chi connectivity index (χ0n) is 14.2. The minimum Gasteiger partial charge on any atom is -0.508 e. The lowest BCUT2D eigenvalue weighted by atomic mass is 9.85. The maximum atomic E-state index is 9.34. The number of nitrogens with one attached hydrogen (secondary N) is 1. The van der Waals surface area contributed by atoms with Gasteiger partial charge in [-0.15, -0.1) is 0 Å². The molecule has 0 aliphatic rings. The quantitative estimate of drug-likeness (QED) is 0.646. The summed E-state index contributed by atoms with van der Waals surface area (Å²) >= 11 is 7.33. The van der Waals surface area contributed by atoms with E-state index in [9.17, 15) is 5.11 Å². The van der Waals surface area contributed by atoms with E-state index >= 15 is 0 Å². The molecule has 0 atom stereocenters. The Balaban J connectivity index is 1.61. The van der Waals surface area contributed by atoms with E-state index in [4.69, 9.17) is 11.6 Å². The first kappa shape index (κ1) is 17.7. The van der Waals surface area contributed by atoms with Crippen LogP contribution in [-0.2, 0) is 11.8 Å². The molecule has 0 aliphatic carbocycles. The van der Waals surface area contributed by atoms with Gasteiger partial charge in [0, 0.05) is 34.9 Å². The summed E-state index contributed by atoms with van der Waals surface area (Å²) in [5, 5.41) is 14.3. The van der Waals surface area contributed by atoms with E-state index in [1.54, 1.807) is 12.1 Å². The van der Waals surface area contributed by atoms with Crippen LogP contribution in [0.25, 0.3) is 0 Å². The monoisotopic (exact) mass is 373 g/mol. The molecule has 4 nitrogen and oxygen atoms in total. The summed E-state index contributed by atoms with van der Waals surface area (Å²) in [6, 6.07) is 15.1. The van der Waals surface area contributed by atoms with Crippen molar-refractivity contribution in [3.63, 3.8) is 0 Å². The second-order valence-electron chi connectivity index (χ2n) is 6.60. The van der Waals surface area contributed by atoms with Crippen LogP contribution in [-0.4, -0.2) is 21.0 Å². The number of hydrogen-bond acceptors (Lipinski definition) is 5. The molecule has 0 saturated carbocycles. The molecule has 0 spiro atoms. The van der Waals surface area contributed by atoms with Gasteiger partial charge in [-0.1, -0.05) is 49.7 Å². The standard InChI is InChI=1S/C19H20ClN3OS/c1-19(2,14-5-7-15(20)8-6-14)12-21-18-22-17(23-25-18)11-13-3-9-16(24)10-4-13/h3-10,24H,11-12H2,1-2H3,(H,21,22,23). The molecule has 25 heavy (non-hydrogen) atoms. The Hall–Kier alpha value is -2.11. The minimum atomic E-state index is -0.0482. The van der Waals surface area contributed by atoms with Crippen molar-refractivity contribution in [1.29, 1.82) is 0 Å². The van der Waals surface area contributed by atoms with Crippen LogP contribution in [0.5, 0.6) is 5.75 Å². The summed E-state index contributed by atoms with van der Waals surface area (Å²) in [6.45, 7) is 5.12. The Kier molecular flexibility index (Phi) is 5.25. The molecule has 0 aliphatic heterocycles. The van der Waals surface area contributed by atoms with Gasteiger partial charge < -0.3 is 10.4 Å². The molecule has 3 aromatic rings. The Morgan fingerprint density at radius 1 is 1.08 bits per heavy atom. The highest BCUT2D eigenvalue weighted by Crippen LogP contribution is 2.26. The third-order valence-electron chi connectivity index (χ3n) is 4.07. The zero-order chi connectivity index (χ0) is 17.9. The van der Waals surface area contributed by atoms with Gasteiger partial charge in [-0.05, 0) is 35.4 Å². The van der Waals surface area contributed by atoms with Crippen molar-refractivity contribution in [2.45, 2.75) is 25.7 Å². The van der Waals surface area contributed by atoms with Crippen molar-refractivity contribution in [2.75, 3.05) is 11.9 Å².